The summed E-state index contributed by atoms with van der Waals surface area (Å²) in [4.78, 5) is 20.4. The predicted molar refractivity (Wildman–Crippen MR) is 72.4 cm³/mol. The molecule has 0 aromatic carbocycles. The number of nitrogens with one attached hydrogen (secondary N) is 1. The minimum atomic E-state index is -0.546. The molecule has 1 aromatic heterocycles. The van der Waals surface area contributed by atoms with Crippen LogP contribution >= 0.6 is 0 Å². The largest absolute Gasteiger partial charge is 0.471 e. The molecule has 9 heteroatoms. The quantitative estimate of drug-likeness (QED) is 0.420. The highest BCUT2D eigenvalue weighted by Gasteiger charge is 2.27. The number of rotatable bonds is 7. The first-order valence-corrected chi connectivity index (χ1v) is 6.35. The van der Waals surface area contributed by atoms with Crippen LogP contribution in [0, 0.1) is 17.0 Å². The lowest BCUT2D eigenvalue weighted by Gasteiger charge is -2.15. The average molecular weight is 282 g/mol. The lowest BCUT2D eigenvalue weighted by molar-refractivity contribution is -0.387. The Labute approximate surface area is 116 Å². The highest BCUT2D eigenvalue weighted by molar-refractivity contribution is 5.48. The Morgan fingerprint density at radius 2 is 2.25 bits per heavy atom. The van der Waals surface area contributed by atoms with E-state index < -0.39 is 4.92 Å². The van der Waals surface area contributed by atoms with E-state index in [1.165, 1.54) is 19.8 Å². The smallest absolute Gasteiger partial charge is 0.352 e. The molecule has 1 aromatic rings. The molecule has 0 saturated heterocycles. The van der Waals surface area contributed by atoms with Crippen molar-refractivity contribution in [3.05, 3.63) is 15.8 Å². The number of likely N-dealkylation sites (N-methyl/N-ethyl adjacent to an activating group) is 1. The molecule has 110 valence electrons. The van der Waals surface area contributed by atoms with Gasteiger partial charge in [0.15, 0.2) is 0 Å². The van der Waals surface area contributed by atoms with Crippen molar-refractivity contribution in [2.45, 2.75) is 25.8 Å². The molecule has 1 saturated carbocycles. The SMILES string of the molecule is Cc1nc(NN)nc(OCCN(C)C2CC2)c1[N+](=O)[O-]. The van der Waals surface area contributed by atoms with E-state index in [2.05, 4.69) is 20.3 Å². The van der Waals surface area contributed by atoms with E-state index in [4.69, 9.17) is 10.6 Å². The van der Waals surface area contributed by atoms with Crippen molar-refractivity contribution in [3.8, 4) is 5.88 Å². The normalized spacial score (nSPS) is 14.4. The third kappa shape index (κ3) is 3.31. The maximum Gasteiger partial charge on any atom is 0.352 e. The van der Waals surface area contributed by atoms with Crippen LogP contribution in [0.3, 0.4) is 0 Å². The van der Waals surface area contributed by atoms with Crippen molar-refractivity contribution in [1.29, 1.82) is 0 Å². The number of hydrogen-bond donors (Lipinski definition) is 2. The van der Waals surface area contributed by atoms with Gasteiger partial charge in [-0.1, -0.05) is 0 Å². The van der Waals surface area contributed by atoms with Gasteiger partial charge in [-0.25, -0.2) is 10.8 Å². The van der Waals surface area contributed by atoms with Gasteiger partial charge in [-0.15, -0.1) is 0 Å². The third-order valence-corrected chi connectivity index (χ3v) is 3.19. The fraction of sp³-hybridized carbons (Fsp3) is 0.636. The molecule has 0 aliphatic heterocycles. The molecule has 1 aliphatic carbocycles. The molecular weight excluding hydrogens is 264 g/mol. The van der Waals surface area contributed by atoms with Crippen LogP contribution in [0.5, 0.6) is 5.88 Å². The van der Waals surface area contributed by atoms with Crippen molar-refractivity contribution in [2.75, 3.05) is 25.6 Å². The van der Waals surface area contributed by atoms with Crippen molar-refractivity contribution in [3.63, 3.8) is 0 Å². The number of aryl methyl sites for hydroxylation is 1. The molecule has 1 heterocycles. The van der Waals surface area contributed by atoms with Gasteiger partial charge in [0.05, 0.1) is 4.92 Å². The Balaban J connectivity index is 2.07. The molecule has 20 heavy (non-hydrogen) atoms. The summed E-state index contributed by atoms with van der Waals surface area (Å²) in [6, 6.07) is 0.613. The minimum absolute atomic E-state index is 0.0559. The van der Waals surface area contributed by atoms with Gasteiger partial charge in [0.25, 0.3) is 5.88 Å². The van der Waals surface area contributed by atoms with Crippen LogP contribution < -0.4 is 16.0 Å². The van der Waals surface area contributed by atoms with Crippen LogP contribution in [0.2, 0.25) is 0 Å². The Bertz CT molecular complexity index is 505. The van der Waals surface area contributed by atoms with E-state index in [0.717, 1.165) is 0 Å². The van der Waals surface area contributed by atoms with Crippen LogP contribution in [-0.4, -0.2) is 46.0 Å². The molecule has 0 atom stereocenters. The monoisotopic (exact) mass is 282 g/mol. The van der Waals surface area contributed by atoms with Gasteiger partial charge >= 0.3 is 5.69 Å². The second-order valence-electron chi connectivity index (χ2n) is 4.75. The number of anilines is 1. The number of nitro groups is 1. The first-order chi connectivity index (χ1) is 9.52. The van der Waals surface area contributed by atoms with Gasteiger partial charge in [-0.2, -0.15) is 4.98 Å². The highest BCUT2D eigenvalue weighted by Crippen LogP contribution is 2.29. The lowest BCUT2D eigenvalue weighted by atomic mass is 10.3. The van der Waals surface area contributed by atoms with Gasteiger partial charge in [-0.05, 0) is 26.8 Å². The summed E-state index contributed by atoms with van der Waals surface area (Å²) in [6.07, 6.45) is 2.40. The zero-order valence-electron chi connectivity index (χ0n) is 11.5. The Kier molecular flexibility index (Phi) is 4.30. The maximum atomic E-state index is 11.0. The van der Waals surface area contributed by atoms with E-state index in [-0.39, 0.29) is 23.2 Å². The molecule has 0 bridgehead atoms. The molecule has 1 aliphatic rings. The Hall–Kier alpha value is -2.00. The Morgan fingerprint density at radius 1 is 1.55 bits per heavy atom. The van der Waals surface area contributed by atoms with Crippen LogP contribution in [0.15, 0.2) is 0 Å². The first kappa shape index (κ1) is 14.4. The lowest BCUT2D eigenvalue weighted by Crippen LogP contribution is -2.26. The Morgan fingerprint density at radius 3 is 2.80 bits per heavy atom. The van der Waals surface area contributed by atoms with Crippen molar-refractivity contribution < 1.29 is 9.66 Å². The molecule has 9 nitrogen and oxygen atoms in total. The number of nitrogens with two attached hydrogens (primary N) is 1. The zero-order chi connectivity index (χ0) is 14.7. The van der Waals surface area contributed by atoms with Gasteiger partial charge in [0.1, 0.15) is 12.3 Å². The first-order valence-electron chi connectivity index (χ1n) is 6.35. The van der Waals surface area contributed by atoms with Gasteiger partial charge in [0.2, 0.25) is 5.95 Å². The van der Waals surface area contributed by atoms with Crippen LogP contribution in [-0.2, 0) is 0 Å². The van der Waals surface area contributed by atoms with E-state index >= 15 is 0 Å². The van der Waals surface area contributed by atoms with E-state index in [9.17, 15) is 10.1 Å². The number of nitrogen functional groups attached to an aromatic ring is 1. The van der Waals surface area contributed by atoms with Gasteiger partial charge < -0.3 is 9.64 Å². The predicted octanol–water partition coefficient (Wildman–Crippen LogP) is 0.452. The fourth-order valence-corrected chi connectivity index (χ4v) is 1.90. The molecule has 0 spiro atoms. The van der Waals surface area contributed by atoms with Crippen molar-refractivity contribution in [1.82, 2.24) is 14.9 Å². The molecule has 1 fully saturated rings. The van der Waals surface area contributed by atoms with Crippen LogP contribution in [0.1, 0.15) is 18.5 Å². The van der Waals surface area contributed by atoms with Crippen molar-refractivity contribution in [2.24, 2.45) is 5.84 Å². The number of hydrogen-bond acceptors (Lipinski definition) is 8. The maximum absolute atomic E-state index is 11.0. The summed E-state index contributed by atoms with van der Waals surface area (Å²) < 4.78 is 5.44. The molecule has 2 rings (SSSR count). The van der Waals surface area contributed by atoms with Gasteiger partial charge in [-0.3, -0.25) is 15.5 Å². The topological polar surface area (TPSA) is 119 Å². The molecule has 0 radical (unpaired) electrons. The summed E-state index contributed by atoms with van der Waals surface area (Å²) in [5.41, 5.74) is 2.25. The number of ether oxygens (including phenoxy) is 1. The summed E-state index contributed by atoms with van der Waals surface area (Å²) in [6.45, 7) is 2.54. The minimum Gasteiger partial charge on any atom is -0.471 e. The standard InChI is InChI=1S/C11H18N6O3/c1-7-9(17(18)19)10(14-11(13-7)15-12)20-6-5-16(2)8-3-4-8/h8H,3-6,12H2,1-2H3,(H,13,14,15). The number of aromatic nitrogens is 2. The zero-order valence-corrected chi connectivity index (χ0v) is 11.5. The third-order valence-electron chi connectivity index (χ3n) is 3.19. The van der Waals surface area contributed by atoms with Crippen LogP contribution in [0.4, 0.5) is 11.6 Å². The second kappa shape index (κ2) is 5.97. The molecule has 0 amide bonds. The van der Waals surface area contributed by atoms with Crippen LogP contribution in [0.25, 0.3) is 0 Å². The second-order valence-corrected chi connectivity index (χ2v) is 4.75. The highest BCUT2D eigenvalue weighted by atomic mass is 16.6. The van der Waals surface area contributed by atoms with E-state index in [1.807, 2.05) is 7.05 Å². The van der Waals surface area contributed by atoms with E-state index in [1.54, 1.807) is 0 Å². The van der Waals surface area contributed by atoms with Crippen molar-refractivity contribution >= 4 is 11.6 Å². The average Bonchev–Trinajstić information content (AvgIpc) is 3.21. The molecular formula is C11H18N6O3. The molecule has 3 N–H and O–H groups in total. The van der Waals surface area contributed by atoms with E-state index in [0.29, 0.717) is 19.2 Å². The summed E-state index contributed by atoms with van der Waals surface area (Å²) in [7, 11) is 2.01. The summed E-state index contributed by atoms with van der Waals surface area (Å²) in [5.74, 6) is 5.27. The summed E-state index contributed by atoms with van der Waals surface area (Å²) >= 11 is 0. The van der Waals surface area contributed by atoms with Gasteiger partial charge in [0, 0.05) is 12.6 Å². The summed E-state index contributed by atoms with van der Waals surface area (Å²) in [5, 5.41) is 11.0. The number of nitrogens with zero attached hydrogens (tertiary/aromatic N) is 4. The number of hydrazine groups is 1. The molecule has 0 unspecified atom stereocenters. The fourth-order valence-electron chi connectivity index (χ4n) is 1.90.